The summed E-state index contributed by atoms with van der Waals surface area (Å²) in [4.78, 5) is 19.1. The third-order valence-electron chi connectivity index (χ3n) is 4.47. The number of carbonyl (C=O) groups is 1. The molecular formula is C20H22FN3O2S. The molecule has 1 aromatic heterocycles. The minimum absolute atomic E-state index is 0.0273. The highest BCUT2D eigenvalue weighted by Gasteiger charge is 2.36. The van der Waals surface area contributed by atoms with E-state index in [1.807, 2.05) is 37.3 Å². The Bertz CT molecular complexity index is 874. The summed E-state index contributed by atoms with van der Waals surface area (Å²) >= 11 is 1.03. The predicted octanol–water partition coefficient (Wildman–Crippen LogP) is 3.26. The van der Waals surface area contributed by atoms with Crippen LogP contribution < -0.4 is 5.73 Å². The molecule has 1 aliphatic heterocycles. The normalized spacial score (nSPS) is 18.4. The van der Waals surface area contributed by atoms with Crippen molar-refractivity contribution in [3.05, 3.63) is 63.6 Å². The van der Waals surface area contributed by atoms with E-state index in [1.54, 1.807) is 18.0 Å². The van der Waals surface area contributed by atoms with E-state index in [4.69, 9.17) is 10.5 Å². The van der Waals surface area contributed by atoms with Crippen molar-refractivity contribution in [3.8, 4) is 0 Å². The summed E-state index contributed by atoms with van der Waals surface area (Å²) in [7, 11) is 1.66. The molecule has 5 nitrogen and oxygen atoms in total. The number of nitrogen functional groups attached to an aromatic ring is 1. The maximum Gasteiger partial charge on any atom is 0.250 e. The summed E-state index contributed by atoms with van der Waals surface area (Å²) in [6.45, 7) is 2.41. The second kappa shape index (κ2) is 8.45. The first-order valence-electron chi connectivity index (χ1n) is 8.68. The first-order chi connectivity index (χ1) is 13.0. The van der Waals surface area contributed by atoms with Crippen LogP contribution in [0.25, 0.3) is 0 Å². The number of benzene rings is 1. The Labute approximate surface area is 162 Å². The van der Waals surface area contributed by atoms with Crippen molar-refractivity contribution in [2.45, 2.75) is 19.6 Å². The molecule has 0 radical (unpaired) electrons. The van der Waals surface area contributed by atoms with Crippen molar-refractivity contribution in [1.82, 2.24) is 4.90 Å². The summed E-state index contributed by atoms with van der Waals surface area (Å²) in [5.41, 5.74) is 8.93. The average Bonchev–Trinajstić information content (AvgIpc) is 3.25. The molecule has 0 spiro atoms. The van der Waals surface area contributed by atoms with Gasteiger partial charge in [-0.25, -0.2) is 0 Å². The van der Waals surface area contributed by atoms with Crippen LogP contribution in [0.1, 0.15) is 17.4 Å². The lowest BCUT2D eigenvalue weighted by atomic mass is 10.1. The largest absolute Gasteiger partial charge is 0.399 e. The number of nitrogens with two attached hydrogens (primary N) is 1. The van der Waals surface area contributed by atoms with Gasteiger partial charge in [0.05, 0.1) is 10.6 Å². The number of nitrogens with zero attached hydrogens (tertiary/aromatic N) is 2. The Hall–Kier alpha value is -2.51. The van der Waals surface area contributed by atoms with Crippen molar-refractivity contribution < 1.29 is 13.9 Å². The molecule has 1 fully saturated rings. The summed E-state index contributed by atoms with van der Waals surface area (Å²) < 4.78 is 19.3. The molecule has 0 bridgehead atoms. The number of aliphatic imine (C=N–C) groups is 1. The van der Waals surface area contributed by atoms with Gasteiger partial charge in [-0.1, -0.05) is 18.2 Å². The Morgan fingerprint density at radius 1 is 1.37 bits per heavy atom. The van der Waals surface area contributed by atoms with Crippen LogP contribution in [0.15, 0.2) is 53.0 Å². The van der Waals surface area contributed by atoms with Gasteiger partial charge in [0.2, 0.25) is 0 Å². The zero-order chi connectivity index (χ0) is 19.4. The Morgan fingerprint density at radius 2 is 2.11 bits per heavy atom. The van der Waals surface area contributed by atoms with Gasteiger partial charge in [-0.2, -0.15) is 4.39 Å². The monoisotopic (exact) mass is 387 g/mol. The number of ether oxygens (including phenoxy) is 1. The third-order valence-corrected chi connectivity index (χ3v) is 5.35. The van der Waals surface area contributed by atoms with Gasteiger partial charge in [0.25, 0.3) is 5.91 Å². The molecule has 1 saturated heterocycles. The summed E-state index contributed by atoms with van der Waals surface area (Å²) in [6, 6.07) is 10.7. The summed E-state index contributed by atoms with van der Waals surface area (Å²) in [6.07, 6.45) is 2.04. The fraction of sp³-hybridized carbons (Fsp3) is 0.300. The molecule has 27 heavy (non-hydrogen) atoms. The molecule has 0 saturated carbocycles. The van der Waals surface area contributed by atoms with Crippen LogP contribution in [0.2, 0.25) is 0 Å². The van der Waals surface area contributed by atoms with Gasteiger partial charge in [-0.15, -0.1) is 11.3 Å². The second-order valence-corrected chi connectivity index (χ2v) is 7.20. The van der Waals surface area contributed by atoms with Crippen LogP contribution in [0.4, 0.5) is 10.1 Å². The Kier molecular flexibility index (Phi) is 6.03. The number of hydrogen-bond acceptors (Lipinski definition) is 5. The first kappa shape index (κ1) is 19.3. The fourth-order valence-corrected chi connectivity index (χ4v) is 3.89. The smallest absolute Gasteiger partial charge is 0.250 e. The van der Waals surface area contributed by atoms with E-state index in [0.717, 1.165) is 22.5 Å². The van der Waals surface area contributed by atoms with Crippen LogP contribution in [-0.4, -0.2) is 42.9 Å². The van der Waals surface area contributed by atoms with Crippen molar-refractivity contribution in [2.75, 3.05) is 25.9 Å². The number of halogens is 1. The molecule has 1 unspecified atom stereocenters. The van der Waals surface area contributed by atoms with Crippen LogP contribution in [-0.2, 0) is 16.0 Å². The molecular weight excluding hydrogens is 365 g/mol. The van der Waals surface area contributed by atoms with Crippen molar-refractivity contribution in [3.63, 3.8) is 0 Å². The molecule has 2 N–H and O–H groups in total. The predicted molar refractivity (Wildman–Crippen MR) is 107 cm³/mol. The van der Waals surface area contributed by atoms with Crippen molar-refractivity contribution >= 4 is 28.6 Å². The highest BCUT2D eigenvalue weighted by Crippen LogP contribution is 2.26. The number of carbonyl (C=O) groups excluding carboxylic acids is 1. The topological polar surface area (TPSA) is 67.9 Å². The summed E-state index contributed by atoms with van der Waals surface area (Å²) in [5, 5.41) is -0.273. The van der Waals surface area contributed by atoms with Crippen LogP contribution in [0.5, 0.6) is 0 Å². The number of rotatable bonds is 6. The maximum atomic E-state index is 13.5. The molecule has 1 atom stereocenters. The molecule has 0 aliphatic carbocycles. The van der Waals surface area contributed by atoms with Crippen LogP contribution in [0.3, 0.4) is 0 Å². The number of allylic oxidation sites excluding steroid dienone is 1. The minimum Gasteiger partial charge on any atom is -0.399 e. The van der Waals surface area contributed by atoms with Crippen molar-refractivity contribution in [1.29, 1.82) is 0 Å². The van der Waals surface area contributed by atoms with Crippen LogP contribution in [0, 0.1) is 5.13 Å². The quantitative estimate of drug-likeness (QED) is 0.611. The molecule has 2 heterocycles. The standard InChI is InChI=1S/C20H22FN3O2S/c1-3-15(19(23-2)16-8-9-17(21)27-16)20-24(18(25)12-26-20)11-10-13-4-6-14(22)7-5-13/h3-9,20H,10-12,22H2,1-2H3/b15-3+,23-19?. The minimum atomic E-state index is -0.528. The van der Waals surface area contributed by atoms with Gasteiger partial charge in [0, 0.05) is 24.9 Å². The number of anilines is 1. The highest BCUT2D eigenvalue weighted by molar-refractivity contribution is 7.12. The van der Waals surface area contributed by atoms with Crippen LogP contribution >= 0.6 is 11.3 Å². The van der Waals surface area contributed by atoms with E-state index in [-0.39, 0.29) is 17.6 Å². The zero-order valence-corrected chi connectivity index (χ0v) is 16.1. The zero-order valence-electron chi connectivity index (χ0n) is 15.3. The fourth-order valence-electron chi connectivity index (χ4n) is 3.11. The van der Waals surface area contributed by atoms with Crippen molar-refractivity contribution in [2.24, 2.45) is 4.99 Å². The lowest BCUT2D eigenvalue weighted by molar-refractivity contribution is -0.127. The molecule has 7 heteroatoms. The Morgan fingerprint density at radius 3 is 2.70 bits per heavy atom. The van der Waals surface area contributed by atoms with Gasteiger partial charge in [0.15, 0.2) is 11.4 Å². The number of thiophene rings is 1. The third kappa shape index (κ3) is 4.26. The van der Waals surface area contributed by atoms with Gasteiger partial charge in [-0.05, 0) is 43.2 Å². The lowest BCUT2D eigenvalue weighted by Crippen LogP contribution is -2.38. The second-order valence-electron chi connectivity index (χ2n) is 6.16. The molecule has 1 aliphatic rings. The molecule has 142 valence electrons. The molecule has 1 aromatic carbocycles. The highest BCUT2D eigenvalue weighted by atomic mass is 32.1. The molecule has 2 aromatic rings. The molecule has 3 rings (SSSR count). The average molecular weight is 387 g/mol. The number of amides is 1. The lowest BCUT2D eigenvalue weighted by Gasteiger charge is -2.26. The first-order valence-corrected chi connectivity index (χ1v) is 9.49. The van der Waals surface area contributed by atoms with E-state index in [2.05, 4.69) is 4.99 Å². The number of hydrogen-bond donors (Lipinski definition) is 1. The van der Waals surface area contributed by atoms with E-state index < -0.39 is 6.23 Å². The van der Waals surface area contributed by atoms with E-state index >= 15 is 0 Å². The van der Waals surface area contributed by atoms with Gasteiger partial charge >= 0.3 is 0 Å². The molecule has 1 amide bonds. The van der Waals surface area contributed by atoms with Gasteiger partial charge in [0.1, 0.15) is 6.61 Å². The Balaban J connectivity index is 1.79. The van der Waals surface area contributed by atoms with Gasteiger partial charge < -0.3 is 15.4 Å². The van der Waals surface area contributed by atoms with Gasteiger partial charge in [-0.3, -0.25) is 9.79 Å². The van der Waals surface area contributed by atoms with E-state index in [0.29, 0.717) is 29.2 Å². The van der Waals surface area contributed by atoms with E-state index in [1.165, 1.54) is 6.07 Å². The SMILES string of the molecule is C/C=C(\C(=NC)c1ccc(F)s1)C1OCC(=O)N1CCc1ccc(N)cc1. The summed E-state index contributed by atoms with van der Waals surface area (Å²) in [5.74, 6) is -0.0670. The maximum absolute atomic E-state index is 13.5. The van der Waals surface area contributed by atoms with E-state index in [9.17, 15) is 9.18 Å².